The molecule has 134 valence electrons. The highest BCUT2D eigenvalue weighted by Gasteiger charge is 2.14. The number of benzene rings is 2. The lowest BCUT2D eigenvalue weighted by Gasteiger charge is -2.09. The molecular formula is C19H18N2O4S. The van der Waals surface area contributed by atoms with E-state index in [1.165, 1.54) is 24.3 Å². The fourth-order valence-corrected chi connectivity index (χ4v) is 3.13. The van der Waals surface area contributed by atoms with Crippen LogP contribution < -0.4 is 9.46 Å². The topological polar surface area (TPSA) is 85.4 Å². The first-order valence-corrected chi connectivity index (χ1v) is 9.78. The molecule has 0 saturated heterocycles. The van der Waals surface area contributed by atoms with Crippen LogP contribution in [0.2, 0.25) is 0 Å². The molecule has 0 spiro atoms. The average Bonchev–Trinajstić information content (AvgIpc) is 2.55. The van der Waals surface area contributed by atoms with Crippen LogP contribution in [0.15, 0.2) is 48.5 Å². The molecule has 0 aliphatic heterocycles. The number of nitrogens with zero attached hydrogens (tertiary/aromatic N) is 1. The van der Waals surface area contributed by atoms with Crippen LogP contribution in [0.25, 0.3) is 10.9 Å². The van der Waals surface area contributed by atoms with Crippen molar-refractivity contribution in [3.05, 3.63) is 65.4 Å². The quantitative estimate of drug-likeness (QED) is 0.562. The molecule has 3 rings (SSSR count). The van der Waals surface area contributed by atoms with Gasteiger partial charge in [0.25, 0.3) is 0 Å². The van der Waals surface area contributed by atoms with E-state index in [0.717, 1.165) is 22.7 Å². The van der Waals surface area contributed by atoms with E-state index in [2.05, 4.69) is 9.71 Å². The number of sulfonamides is 1. The van der Waals surface area contributed by atoms with Crippen molar-refractivity contribution in [2.75, 3.05) is 11.0 Å². The smallest absolute Gasteiger partial charge is 0.345 e. The molecule has 1 aromatic heterocycles. The van der Waals surface area contributed by atoms with Crippen molar-refractivity contribution in [3.8, 4) is 5.75 Å². The molecule has 0 amide bonds. The van der Waals surface area contributed by atoms with Gasteiger partial charge in [-0.1, -0.05) is 11.6 Å². The van der Waals surface area contributed by atoms with Gasteiger partial charge in [-0.3, -0.25) is 9.71 Å². The fraction of sp³-hybridized carbons (Fsp3) is 0.158. The summed E-state index contributed by atoms with van der Waals surface area (Å²) in [6, 6.07) is 13.7. The summed E-state index contributed by atoms with van der Waals surface area (Å²) in [5.41, 5.74) is 3.27. The molecule has 0 atom stereocenters. The molecule has 1 N–H and O–H groups in total. The Kier molecular flexibility index (Phi) is 4.65. The van der Waals surface area contributed by atoms with Gasteiger partial charge in [-0.2, -0.15) is 0 Å². The zero-order chi connectivity index (χ0) is 18.9. The number of fused-ring (bicyclic) bond motifs is 1. The van der Waals surface area contributed by atoms with E-state index >= 15 is 0 Å². The number of carbonyl (C=O) groups is 1. The first kappa shape index (κ1) is 17.9. The van der Waals surface area contributed by atoms with E-state index in [1.54, 1.807) is 13.0 Å². The molecule has 0 radical (unpaired) electrons. The Morgan fingerprint density at radius 3 is 2.38 bits per heavy atom. The molecule has 3 aromatic rings. The molecule has 0 bridgehead atoms. The van der Waals surface area contributed by atoms with Gasteiger partial charge in [0.1, 0.15) is 5.75 Å². The van der Waals surface area contributed by atoms with Crippen LogP contribution in [0, 0.1) is 13.8 Å². The van der Waals surface area contributed by atoms with Crippen molar-refractivity contribution in [1.29, 1.82) is 0 Å². The molecule has 6 nitrogen and oxygen atoms in total. The monoisotopic (exact) mass is 370 g/mol. The van der Waals surface area contributed by atoms with E-state index in [-0.39, 0.29) is 0 Å². The van der Waals surface area contributed by atoms with Crippen molar-refractivity contribution < 1.29 is 17.9 Å². The lowest BCUT2D eigenvalue weighted by molar-refractivity contribution is 0.0733. The summed E-state index contributed by atoms with van der Waals surface area (Å²) in [6.45, 7) is 3.73. The zero-order valence-electron chi connectivity index (χ0n) is 14.6. The van der Waals surface area contributed by atoms with Gasteiger partial charge in [-0.15, -0.1) is 0 Å². The average molecular weight is 370 g/mol. The molecule has 1 heterocycles. The van der Waals surface area contributed by atoms with E-state index in [1.807, 2.05) is 25.1 Å². The number of nitrogens with one attached hydrogen (secondary N) is 1. The highest BCUT2D eigenvalue weighted by Crippen LogP contribution is 2.21. The first-order valence-electron chi connectivity index (χ1n) is 7.89. The summed E-state index contributed by atoms with van der Waals surface area (Å²) >= 11 is 0. The van der Waals surface area contributed by atoms with E-state index in [4.69, 9.17) is 4.74 Å². The first-order chi connectivity index (χ1) is 12.2. The van der Waals surface area contributed by atoms with Crippen molar-refractivity contribution in [3.63, 3.8) is 0 Å². The number of carbonyl (C=O) groups excluding carboxylic acids is 1. The van der Waals surface area contributed by atoms with Gasteiger partial charge in [-0.05, 0) is 56.3 Å². The Bertz CT molecular complexity index is 1090. The largest absolute Gasteiger partial charge is 0.423 e. The van der Waals surface area contributed by atoms with Crippen LogP contribution >= 0.6 is 0 Å². The highest BCUT2D eigenvalue weighted by atomic mass is 32.2. The maximum Gasteiger partial charge on any atom is 0.345 e. The summed E-state index contributed by atoms with van der Waals surface area (Å²) < 4.78 is 30.2. The second-order valence-electron chi connectivity index (χ2n) is 6.11. The summed E-state index contributed by atoms with van der Waals surface area (Å²) in [5.74, 6) is -0.194. The van der Waals surface area contributed by atoms with Crippen LogP contribution in [0.3, 0.4) is 0 Å². The third-order valence-corrected chi connectivity index (χ3v) is 4.36. The van der Waals surface area contributed by atoms with Gasteiger partial charge in [0, 0.05) is 11.1 Å². The Labute approximate surface area is 151 Å². The minimum absolute atomic E-state index is 0.317. The van der Waals surface area contributed by atoms with Gasteiger partial charge in [-0.25, -0.2) is 13.2 Å². The summed E-state index contributed by atoms with van der Waals surface area (Å²) in [4.78, 5) is 17.0. The van der Waals surface area contributed by atoms with Gasteiger partial charge < -0.3 is 4.74 Å². The van der Waals surface area contributed by atoms with Crippen LogP contribution in [-0.2, 0) is 10.0 Å². The van der Waals surface area contributed by atoms with Gasteiger partial charge in [0.05, 0.1) is 23.0 Å². The normalized spacial score (nSPS) is 11.3. The third-order valence-electron chi connectivity index (χ3n) is 3.75. The van der Waals surface area contributed by atoms with Crippen molar-refractivity contribution in [2.45, 2.75) is 13.8 Å². The molecule has 26 heavy (non-hydrogen) atoms. The van der Waals surface area contributed by atoms with Gasteiger partial charge in [0.15, 0.2) is 0 Å². The van der Waals surface area contributed by atoms with Crippen LogP contribution in [-0.4, -0.2) is 25.6 Å². The number of ether oxygens (including phenoxy) is 1. The molecule has 7 heteroatoms. The zero-order valence-corrected chi connectivity index (χ0v) is 15.4. The SMILES string of the molecule is Cc1ccc2nc(C)c(C(=O)Oc3ccc(NS(C)(=O)=O)cc3)cc2c1. The van der Waals surface area contributed by atoms with E-state index in [9.17, 15) is 13.2 Å². The van der Waals surface area contributed by atoms with Crippen molar-refractivity contribution in [1.82, 2.24) is 4.98 Å². The van der Waals surface area contributed by atoms with Crippen LogP contribution in [0.5, 0.6) is 5.75 Å². The molecule has 0 aliphatic rings. The predicted octanol–water partition coefficient (Wildman–Crippen LogP) is 3.44. The molecule has 0 unspecified atom stereocenters. The molecule has 0 aliphatic carbocycles. The predicted molar refractivity (Wildman–Crippen MR) is 101 cm³/mol. The number of rotatable bonds is 4. The summed E-state index contributed by atoms with van der Waals surface area (Å²) in [7, 11) is -3.35. The number of pyridine rings is 1. The fourth-order valence-electron chi connectivity index (χ4n) is 2.57. The number of anilines is 1. The molecule has 0 saturated carbocycles. The lowest BCUT2D eigenvalue weighted by Crippen LogP contribution is -2.12. The molecule has 0 fully saturated rings. The Hall–Kier alpha value is -2.93. The summed E-state index contributed by atoms with van der Waals surface area (Å²) in [5, 5.41) is 0.871. The number of esters is 1. The third kappa shape index (κ3) is 4.18. The molecule has 2 aromatic carbocycles. The lowest BCUT2D eigenvalue weighted by atomic mass is 10.1. The van der Waals surface area contributed by atoms with Gasteiger partial charge >= 0.3 is 5.97 Å². The minimum Gasteiger partial charge on any atom is -0.423 e. The highest BCUT2D eigenvalue weighted by molar-refractivity contribution is 7.92. The standard InChI is InChI=1S/C19H18N2O4S/c1-12-4-9-18-14(10-12)11-17(13(2)20-18)19(22)25-16-7-5-15(6-8-16)21-26(3,23)24/h4-11,21H,1-3H3. The number of aromatic nitrogens is 1. The second-order valence-corrected chi connectivity index (χ2v) is 7.85. The maximum atomic E-state index is 12.5. The Morgan fingerprint density at radius 2 is 1.73 bits per heavy atom. The van der Waals surface area contributed by atoms with Gasteiger partial charge in [0.2, 0.25) is 10.0 Å². The van der Waals surface area contributed by atoms with Crippen molar-refractivity contribution >= 4 is 32.6 Å². The second kappa shape index (κ2) is 6.76. The van der Waals surface area contributed by atoms with Crippen LogP contribution in [0.4, 0.5) is 5.69 Å². The molecular weight excluding hydrogens is 352 g/mol. The Morgan fingerprint density at radius 1 is 1.04 bits per heavy atom. The van der Waals surface area contributed by atoms with Crippen LogP contribution in [0.1, 0.15) is 21.6 Å². The van der Waals surface area contributed by atoms with E-state index < -0.39 is 16.0 Å². The Balaban J connectivity index is 1.83. The van der Waals surface area contributed by atoms with E-state index in [0.29, 0.717) is 22.7 Å². The van der Waals surface area contributed by atoms with Crippen molar-refractivity contribution in [2.24, 2.45) is 0 Å². The maximum absolute atomic E-state index is 12.5. The number of hydrogen-bond donors (Lipinski definition) is 1. The minimum atomic E-state index is -3.35. The summed E-state index contributed by atoms with van der Waals surface area (Å²) in [6.07, 6.45) is 1.07. The number of aryl methyl sites for hydroxylation is 2. The number of hydrogen-bond acceptors (Lipinski definition) is 5.